The molecule has 1 heterocycles. The third kappa shape index (κ3) is 5.11. The minimum Gasteiger partial charge on any atom is -0.507 e. The van der Waals surface area contributed by atoms with Crippen molar-refractivity contribution in [3.8, 4) is 5.75 Å². The van der Waals surface area contributed by atoms with Crippen LogP contribution in [-0.4, -0.2) is 18.3 Å². The first-order valence-corrected chi connectivity index (χ1v) is 9.12. The van der Waals surface area contributed by atoms with Crippen molar-refractivity contribution >= 4 is 5.70 Å². The summed E-state index contributed by atoms with van der Waals surface area (Å²) in [5, 5.41) is 13.4. The number of phenolic OH excluding ortho intramolecular Hbond substituents is 1. The van der Waals surface area contributed by atoms with Crippen molar-refractivity contribution in [2.24, 2.45) is 11.7 Å². The molecule has 0 radical (unpaired) electrons. The van der Waals surface area contributed by atoms with Crippen molar-refractivity contribution in [1.29, 1.82) is 0 Å². The van der Waals surface area contributed by atoms with E-state index in [0.717, 1.165) is 30.5 Å². The van der Waals surface area contributed by atoms with E-state index in [1.54, 1.807) is 0 Å². The van der Waals surface area contributed by atoms with Gasteiger partial charge in [0.05, 0.1) is 17.9 Å². The van der Waals surface area contributed by atoms with Gasteiger partial charge in [-0.25, -0.2) is 0 Å². The topological polar surface area (TPSA) is 67.5 Å². The van der Waals surface area contributed by atoms with Gasteiger partial charge in [0.25, 0.3) is 0 Å². The lowest BCUT2D eigenvalue weighted by Gasteiger charge is -2.19. The molecule has 150 valence electrons. The molecule has 0 saturated heterocycles. The number of alkyl halides is 3. The summed E-state index contributed by atoms with van der Waals surface area (Å²) >= 11 is 0. The summed E-state index contributed by atoms with van der Waals surface area (Å²) in [6.45, 7) is 7.01. The number of halogens is 3. The van der Waals surface area contributed by atoms with Crippen molar-refractivity contribution in [3.63, 3.8) is 0 Å². The second kappa shape index (κ2) is 8.59. The number of ether oxygens (including phenoxy) is 1. The quantitative estimate of drug-likeness (QED) is 0.662. The molecule has 0 saturated carbocycles. The number of hydrogen-bond donors (Lipinski definition) is 3. The van der Waals surface area contributed by atoms with Gasteiger partial charge < -0.3 is 20.9 Å². The Morgan fingerprint density at radius 2 is 2.04 bits per heavy atom. The van der Waals surface area contributed by atoms with Gasteiger partial charge in [-0.15, -0.1) is 0 Å². The molecule has 1 atom stereocenters. The number of rotatable bonds is 6. The van der Waals surface area contributed by atoms with E-state index in [-0.39, 0.29) is 5.56 Å². The van der Waals surface area contributed by atoms with Gasteiger partial charge >= 0.3 is 6.18 Å². The Morgan fingerprint density at radius 3 is 2.63 bits per heavy atom. The largest absolute Gasteiger partial charge is 0.507 e. The van der Waals surface area contributed by atoms with Gasteiger partial charge in [0, 0.05) is 29.8 Å². The van der Waals surface area contributed by atoms with Gasteiger partial charge in [-0.1, -0.05) is 20.3 Å². The summed E-state index contributed by atoms with van der Waals surface area (Å²) in [5.41, 5.74) is 7.31. The highest BCUT2D eigenvalue weighted by atomic mass is 19.4. The van der Waals surface area contributed by atoms with Gasteiger partial charge in [-0.05, 0) is 37.5 Å². The van der Waals surface area contributed by atoms with Crippen LogP contribution in [0.2, 0.25) is 0 Å². The number of nitrogens with one attached hydrogen (secondary N) is 1. The average molecular weight is 384 g/mol. The zero-order chi connectivity index (χ0) is 20.2. The highest BCUT2D eigenvalue weighted by Crippen LogP contribution is 2.36. The van der Waals surface area contributed by atoms with Crippen LogP contribution in [0.15, 0.2) is 35.2 Å². The first-order chi connectivity index (χ1) is 12.6. The fourth-order valence-corrected chi connectivity index (χ4v) is 2.81. The average Bonchev–Trinajstić information content (AvgIpc) is 2.74. The number of benzene rings is 1. The predicted octanol–water partition coefficient (Wildman–Crippen LogP) is 4.76. The Balaban J connectivity index is 2.44. The van der Waals surface area contributed by atoms with Crippen LogP contribution in [0, 0.1) is 5.92 Å². The molecule has 1 aromatic rings. The molecule has 0 aliphatic carbocycles. The molecular formula is C20H27F3N2O2. The Bertz CT molecular complexity index is 739. The number of allylic oxidation sites excluding steroid dienone is 1. The lowest BCUT2D eigenvalue weighted by atomic mass is 10.0. The number of nitrogens with two attached hydrogens (primary N) is 1. The minimum absolute atomic E-state index is 0.260. The van der Waals surface area contributed by atoms with Crippen LogP contribution < -0.4 is 11.1 Å². The molecule has 1 unspecified atom stereocenters. The smallest absolute Gasteiger partial charge is 0.416 e. The molecule has 0 bridgehead atoms. The normalized spacial score (nSPS) is 16.8. The van der Waals surface area contributed by atoms with Crippen molar-refractivity contribution in [3.05, 3.63) is 46.4 Å². The van der Waals surface area contributed by atoms with E-state index >= 15 is 0 Å². The first kappa shape index (κ1) is 21.0. The maximum atomic E-state index is 12.9. The van der Waals surface area contributed by atoms with Gasteiger partial charge in [0.2, 0.25) is 0 Å². The third-order valence-corrected chi connectivity index (χ3v) is 4.89. The van der Waals surface area contributed by atoms with Crippen molar-refractivity contribution in [1.82, 2.24) is 5.32 Å². The first-order valence-electron chi connectivity index (χ1n) is 9.12. The highest BCUT2D eigenvalue weighted by molar-refractivity contribution is 5.74. The third-order valence-electron chi connectivity index (χ3n) is 4.89. The molecule has 1 aromatic carbocycles. The molecule has 0 aromatic heterocycles. The van der Waals surface area contributed by atoms with Crippen LogP contribution in [-0.2, 0) is 10.9 Å². The number of phenols is 1. The van der Waals surface area contributed by atoms with Crippen LogP contribution in [0.3, 0.4) is 0 Å². The van der Waals surface area contributed by atoms with E-state index in [9.17, 15) is 18.3 Å². The summed E-state index contributed by atoms with van der Waals surface area (Å²) in [6.07, 6.45) is -2.06. The molecular weight excluding hydrogens is 357 g/mol. The Labute approximate surface area is 157 Å². The second-order valence-corrected chi connectivity index (χ2v) is 6.91. The van der Waals surface area contributed by atoms with Crippen LogP contribution in [0.1, 0.15) is 51.2 Å². The fraction of sp³-hybridized carbons (Fsp3) is 0.500. The van der Waals surface area contributed by atoms with E-state index in [2.05, 4.69) is 19.2 Å². The predicted molar refractivity (Wildman–Crippen MR) is 99.6 cm³/mol. The van der Waals surface area contributed by atoms with Crippen LogP contribution in [0.5, 0.6) is 5.75 Å². The van der Waals surface area contributed by atoms with Crippen LogP contribution in [0.4, 0.5) is 13.2 Å². The monoisotopic (exact) mass is 384 g/mol. The second-order valence-electron chi connectivity index (χ2n) is 6.91. The van der Waals surface area contributed by atoms with E-state index in [1.165, 1.54) is 6.07 Å². The fourth-order valence-electron chi connectivity index (χ4n) is 2.81. The number of aromatic hydroxyl groups is 1. The van der Waals surface area contributed by atoms with E-state index < -0.39 is 17.5 Å². The Morgan fingerprint density at radius 1 is 1.33 bits per heavy atom. The molecule has 0 amide bonds. The summed E-state index contributed by atoms with van der Waals surface area (Å²) < 4.78 is 44.6. The van der Waals surface area contributed by atoms with Crippen LogP contribution in [0.25, 0.3) is 5.70 Å². The lowest BCUT2D eigenvalue weighted by Crippen LogP contribution is -2.16. The van der Waals surface area contributed by atoms with Crippen molar-refractivity contribution < 1.29 is 23.0 Å². The zero-order valence-electron chi connectivity index (χ0n) is 15.9. The van der Waals surface area contributed by atoms with Gasteiger partial charge in [-0.3, -0.25) is 0 Å². The summed E-state index contributed by atoms with van der Waals surface area (Å²) in [7, 11) is 0. The summed E-state index contributed by atoms with van der Waals surface area (Å²) in [5.74, 6) is 0.515. The standard InChI is InChI=1S/C20H27F3N2O2/c1-4-12(2)8-10-27-19-13(3)16(24)7-9-25-18(19)15-6-5-14(11-17(15)26)20(21,22)23/h5-6,11-12,25-26H,4,7-10,24H2,1-3H3. The van der Waals surface area contributed by atoms with Crippen molar-refractivity contribution in [2.75, 3.05) is 13.2 Å². The minimum atomic E-state index is -4.52. The van der Waals surface area contributed by atoms with Gasteiger partial charge in [0.15, 0.2) is 0 Å². The lowest BCUT2D eigenvalue weighted by molar-refractivity contribution is -0.137. The number of hydrogen-bond acceptors (Lipinski definition) is 4. The Hall–Kier alpha value is -2.31. The molecule has 4 nitrogen and oxygen atoms in total. The molecule has 1 aliphatic rings. The SMILES string of the molecule is CCC(C)CCOC1=C(c2ccc(C(F)(F)F)cc2O)NCCC(N)=C1C. The maximum Gasteiger partial charge on any atom is 0.416 e. The maximum absolute atomic E-state index is 12.9. The molecule has 7 heteroatoms. The van der Waals surface area contributed by atoms with Gasteiger partial charge in [-0.2, -0.15) is 13.2 Å². The van der Waals surface area contributed by atoms with Crippen molar-refractivity contribution in [2.45, 2.75) is 46.2 Å². The molecule has 2 rings (SSSR count). The highest BCUT2D eigenvalue weighted by Gasteiger charge is 2.32. The molecule has 4 N–H and O–H groups in total. The van der Waals surface area contributed by atoms with E-state index in [4.69, 9.17) is 10.5 Å². The van der Waals surface area contributed by atoms with Crippen LogP contribution >= 0.6 is 0 Å². The van der Waals surface area contributed by atoms with E-state index in [1.807, 2.05) is 6.92 Å². The van der Waals surface area contributed by atoms with Gasteiger partial charge in [0.1, 0.15) is 11.5 Å². The molecule has 1 aliphatic heterocycles. The molecule has 0 spiro atoms. The summed E-state index contributed by atoms with van der Waals surface area (Å²) in [4.78, 5) is 0. The molecule has 0 fully saturated rings. The Kier molecular flexibility index (Phi) is 6.68. The molecule has 27 heavy (non-hydrogen) atoms. The van der Waals surface area contributed by atoms with E-state index in [0.29, 0.717) is 42.6 Å². The summed E-state index contributed by atoms with van der Waals surface area (Å²) in [6, 6.07) is 2.94. The zero-order valence-corrected chi connectivity index (χ0v) is 15.9.